The molecule has 0 spiro atoms. The second-order valence-electron chi connectivity index (χ2n) is 4.34. The van der Waals surface area contributed by atoms with Crippen molar-refractivity contribution in [1.82, 2.24) is 10.0 Å². The summed E-state index contributed by atoms with van der Waals surface area (Å²) in [6.45, 7) is 6.12. The molecule has 1 atom stereocenters. The summed E-state index contributed by atoms with van der Waals surface area (Å²) < 4.78 is 0. The number of aliphatic hydroxyl groups excluding tert-OH is 1. The number of rotatable bonds is 2. The summed E-state index contributed by atoms with van der Waals surface area (Å²) >= 11 is 0. The van der Waals surface area contributed by atoms with Crippen molar-refractivity contribution in [3.63, 3.8) is 0 Å². The highest BCUT2D eigenvalue weighted by Crippen LogP contribution is 2.27. The van der Waals surface area contributed by atoms with E-state index in [0.29, 0.717) is 13.0 Å². The maximum Gasteiger partial charge on any atom is 0.238 e. The molecule has 0 bridgehead atoms. The number of carbonyl (C=O) groups excluding carboxylic acids is 1. The van der Waals surface area contributed by atoms with Crippen LogP contribution in [-0.2, 0) is 4.79 Å². The van der Waals surface area contributed by atoms with E-state index in [9.17, 15) is 9.90 Å². The Morgan fingerprint density at radius 1 is 1.62 bits per heavy atom. The van der Waals surface area contributed by atoms with Crippen LogP contribution >= 0.6 is 0 Å². The molecule has 0 aromatic rings. The molecule has 1 rings (SSSR count). The molecule has 0 aromatic heterocycles. The lowest BCUT2D eigenvalue weighted by molar-refractivity contribution is -0.140. The fraction of sp³-hybridized carbons (Fsp3) is 0.889. The average molecular weight is 186 g/mol. The molecule has 4 nitrogen and oxygen atoms in total. The molecule has 76 valence electrons. The third kappa shape index (κ3) is 2.00. The first-order valence-electron chi connectivity index (χ1n) is 4.57. The molecule has 1 aliphatic heterocycles. The highest BCUT2D eigenvalue weighted by Gasteiger charge is 2.41. The van der Waals surface area contributed by atoms with Crippen molar-refractivity contribution in [2.45, 2.75) is 38.8 Å². The van der Waals surface area contributed by atoms with E-state index in [2.05, 4.69) is 0 Å². The smallest absolute Gasteiger partial charge is 0.238 e. The number of carbonyl (C=O) groups is 1. The largest absolute Gasteiger partial charge is 0.392 e. The van der Waals surface area contributed by atoms with Gasteiger partial charge in [0.1, 0.15) is 0 Å². The molecule has 1 aliphatic rings. The third-order valence-corrected chi connectivity index (χ3v) is 2.55. The molecule has 1 saturated heterocycles. The Kier molecular flexibility index (Phi) is 2.63. The summed E-state index contributed by atoms with van der Waals surface area (Å²) in [4.78, 5) is 11.5. The fourth-order valence-electron chi connectivity index (χ4n) is 1.54. The summed E-state index contributed by atoms with van der Waals surface area (Å²) in [5, 5.41) is 12.7. The summed E-state index contributed by atoms with van der Waals surface area (Å²) in [7, 11) is 1.88. The first kappa shape index (κ1) is 10.5. The first-order chi connectivity index (χ1) is 5.84. The van der Waals surface area contributed by atoms with Gasteiger partial charge in [0, 0.05) is 19.0 Å². The van der Waals surface area contributed by atoms with Crippen LogP contribution in [0.3, 0.4) is 0 Å². The number of β-amino-alcohol motifs (C(OH)–C–C–N with tert-alkyl or cyclic N) is 1. The van der Waals surface area contributed by atoms with Crippen LogP contribution in [0.2, 0.25) is 0 Å². The van der Waals surface area contributed by atoms with E-state index in [1.165, 1.54) is 0 Å². The zero-order chi connectivity index (χ0) is 10.2. The van der Waals surface area contributed by atoms with Crippen LogP contribution < -0.4 is 0 Å². The number of hydrogen-bond donors (Lipinski definition) is 1. The van der Waals surface area contributed by atoms with Gasteiger partial charge in [-0.3, -0.25) is 9.80 Å². The van der Waals surface area contributed by atoms with Gasteiger partial charge in [-0.1, -0.05) is 0 Å². The predicted octanol–water partition coefficient (Wildman–Crippen LogP) is 0.225. The van der Waals surface area contributed by atoms with Crippen LogP contribution in [0.1, 0.15) is 27.2 Å². The van der Waals surface area contributed by atoms with Crippen LogP contribution in [0, 0.1) is 0 Å². The van der Waals surface area contributed by atoms with E-state index >= 15 is 0 Å². The maximum absolute atomic E-state index is 11.5. The maximum atomic E-state index is 11.5. The molecule has 1 heterocycles. The van der Waals surface area contributed by atoms with E-state index in [-0.39, 0.29) is 11.4 Å². The molecular weight excluding hydrogens is 168 g/mol. The van der Waals surface area contributed by atoms with Crippen molar-refractivity contribution in [2.75, 3.05) is 13.6 Å². The number of amides is 1. The number of hydrazine groups is 1. The lowest BCUT2D eigenvalue weighted by atomic mass is 10.0. The lowest BCUT2D eigenvalue weighted by Crippen LogP contribution is -2.46. The van der Waals surface area contributed by atoms with Gasteiger partial charge in [-0.05, 0) is 20.8 Å². The van der Waals surface area contributed by atoms with Crippen molar-refractivity contribution in [3.8, 4) is 0 Å². The topological polar surface area (TPSA) is 43.8 Å². The van der Waals surface area contributed by atoms with E-state index in [1.54, 1.807) is 11.9 Å². The fourth-order valence-corrected chi connectivity index (χ4v) is 1.54. The van der Waals surface area contributed by atoms with Crippen LogP contribution in [0.15, 0.2) is 0 Å². The zero-order valence-electron chi connectivity index (χ0n) is 8.74. The summed E-state index contributed by atoms with van der Waals surface area (Å²) in [5.74, 6) is 0.0911. The summed E-state index contributed by atoms with van der Waals surface area (Å²) in [5.41, 5.74) is -0.119. The minimum atomic E-state index is -0.472. The van der Waals surface area contributed by atoms with Gasteiger partial charge in [-0.25, -0.2) is 5.01 Å². The molecule has 0 aliphatic carbocycles. The minimum Gasteiger partial charge on any atom is -0.392 e. The first-order valence-corrected chi connectivity index (χ1v) is 4.57. The standard InChI is InChI=1S/C9H18N2O2/c1-7(12)6-11-8(13)5-9(2,3)10(11)4/h7,12H,5-6H2,1-4H3. The van der Waals surface area contributed by atoms with E-state index < -0.39 is 6.10 Å². The molecule has 4 heteroatoms. The monoisotopic (exact) mass is 186 g/mol. The van der Waals surface area contributed by atoms with E-state index in [4.69, 9.17) is 0 Å². The predicted molar refractivity (Wildman–Crippen MR) is 49.9 cm³/mol. The van der Waals surface area contributed by atoms with Gasteiger partial charge in [0.25, 0.3) is 0 Å². The zero-order valence-corrected chi connectivity index (χ0v) is 8.74. The normalized spacial score (nSPS) is 25.3. The summed E-state index contributed by atoms with van der Waals surface area (Å²) in [6.07, 6.45) is 0.0521. The van der Waals surface area contributed by atoms with Crippen molar-refractivity contribution in [1.29, 1.82) is 0 Å². The summed E-state index contributed by atoms with van der Waals surface area (Å²) in [6, 6.07) is 0. The number of aliphatic hydroxyl groups is 1. The van der Waals surface area contributed by atoms with E-state index in [1.807, 2.05) is 25.9 Å². The van der Waals surface area contributed by atoms with Gasteiger partial charge in [0.05, 0.1) is 12.6 Å². The SMILES string of the molecule is CC(O)CN1C(=O)CC(C)(C)N1C. The molecular formula is C9H18N2O2. The molecule has 1 fully saturated rings. The molecule has 0 saturated carbocycles. The van der Waals surface area contributed by atoms with Gasteiger partial charge in [-0.2, -0.15) is 0 Å². The molecule has 1 amide bonds. The van der Waals surface area contributed by atoms with Crippen molar-refractivity contribution in [2.24, 2.45) is 0 Å². The van der Waals surface area contributed by atoms with E-state index in [0.717, 1.165) is 0 Å². The Bertz CT molecular complexity index is 214. The second-order valence-corrected chi connectivity index (χ2v) is 4.34. The lowest BCUT2D eigenvalue weighted by Gasteiger charge is -2.33. The Labute approximate surface area is 79.1 Å². The number of nitrogens with zero attached hydrogens (tertiary/aromatic N) is 2. The van der Waals surface area contributed by atoms with Crippen molar-refractivity contribution >= 4 is 5.91 Å². The van der Waals surface area contributed by atoms with Crippen LogP contribution in [0.25, 0.3) is 0 Å². The Morgan fingerprint density at radius 3 is 2.46 bits per heavy atom. The molecule has 0 aromatic carbocycles. The van der Waals surface area contributed by atoms with Gasteiger partial charge in [0.15, 0.2) is 0 Å². The van der Waals surface area contributed by atoms with Crippen molar-refractivity contribution in [3.05, 3.63) is 0 Å². The van der Waals surface area contributed by atoms with Gasteiger partial charge in [0.2, 0.25) is 5.91 Å². The third-order valence-electron chi connectivity index (χ3n) is 2.55. The molecule has 1 unspecified atom stereocenters. The van der Waals surface area contributed by atoms with Crippen LogP contribution in [0.4, 0.5) is 0 Å². The Balaban J connectivity index is 2.71. The van der Waals surface area contributed by atoms with Gasteiger partial charge < -0.3 is 5.11 Å². The molecule has 13 heavy (non-hydrogen) atoms. The highest BCUT2D eigenvalue weighted by atomic mass is 16.3. The van der Waals surface area contributed by atoms with Crippen LogP contribution in [0.5, 0.6) is 0 Å². The Morgan fingerprint density at radius 2 is 2.15 bits per heavy atom. The van der Waals surface area contributed by atoms with Gasteiger partial charge >= 0.3 is 0 Å². The van der Waals surface area contributed by atoms with Crippen LogP contribution in [-0.4, -0.2) is 46.3 Å². The average Bonchev–Trinajstić information content (AvgIpc) is 2.12. The minimum absolute atomic E-state index is 0.0911. The Hall–Kier alpha value is -0.610. The number of hydrogen-bond acceptors (Lipinski definition) is 3. The van der Waals surface area contributed by atoms with Gasteiger partial charge in [-0.15, -0.1) is 0 Å². The highest BCUT2D eigenvalue weighted by molar-refractivity contribution is 5.79. The second kappa shape index (κ2) is 3.27. The quantitative estimate of drug-likeness (QED) is 0.671. The molecule has 1 N–H and O–H groups in total. The van der Waals surface area contributed by atoms with Crippen molar-refractivity contribution < 1.29 is 9.90 Å². The molecule has 0 radical (unpaired) electrons.